The Bertz CT molecular complexity index is 282. The van der Waals surface area contributed by atoms with E-state index in [1.807, 2.05) is 0 Å². The van der Waals surface area contributed by atoms with Crippen molar-refractivity contribution in [1.29, 1.82) is 0 Å². The number of carbonyl (C=O) groups excluding carboxylic acids is 1. The van der Waals surface area contributed by atoms with Crippen LogP contribution >= 0.6 is 0 Å². The maximum absolute atomic E-state index is 11.8. The first-order valence-corrected chi connectivity index (χ1v) is 7.35. The van der Waals surface area contributed by atoms with E-state index in [4.69, 9.17) is 5.73 Å². The van der Waals surface area contributed by atoms with Crippen LogP contribution in [0.1, 0.15) is 57.8 Å². The quantitative estimate of drug-likeness (QED) is 0.648. The molecular weight excluding hydrogens is 228 g/mol. The molecule has 2 aliphatic carbocycles. The molecule has 0 radical (unpaired) electrons. The van der Waals surface area contributed by atoms with E-state index in [9.17, 15) is 9.90 Å². The molecule has 4 heteroatoms. The van der Waals surface area contributed by atoms with E-state index in [1.165, 1.54) is 25.7 Å². The highest BCUT2D eigenvalue weighted by molar-refractivity contribution is 5.81. The summed E-state index contributed by atoms with van der Waals surface area (Å²) in [5.74, 6) is 0.561. The molecule has 0 saturated heterocycles. The molecular formula is C14H26N2O2. The van der Waals surface area contributed by atoms with Crippen molar-refractivity contribution in [3.63, 3.8) is 0 Å². The molecule has 4 N–H and O–H groups in total. The zero-order valence-corrected chi connectivity index (χ0v) is 11.2. The fraction of sp³-hybridized carbons (Fsp3) is 0.929. The third-order valence-electron chi connectivity index (χ3n) is 4.25. The number of aliphatic hydroxyl groups is 1. The van der Waals surface area contributed by atoms with Gasteiger partial charge in [0.05, 0.1) is 11.6 Å². The minimum absolute atomic E-state index is 0.0976. The van der Waals surface area contributed by atoms with Gasteiger partial charge in [0.25, 0.3) is 0 Å². The number of rotatable bonds is 5. The third-order valence-corrected chi connectivity index (χ3v) is 4.25. The Labute approximate surface area is 109 Å². The van der Waals surface area contributed by atoms with Crippen LogP contribution < -0.4 is 11.1 Å². The van der Waals surface area contributed by atoms with Gasteiger partial charge in [-0.25, -0.2) is 0 Å². The number of amides is 1. The zero-order valence-electron chi connectivity index (χ0n) is 11.2. The molecule has 4 nitrogen and oxygen atoms in total. The van der Waals surface area contributed by atoms with E-state index in [1.54, 1.807) is 0 Å². The number of nitrogens with two attached hydrogens (primary N) is 1. The zero-order chi connectivity index (χ0) is 13.0. The summed E-state index contributed by atoms with van der Waals surface area (Å²) in [4.78, 5) is 11.8. The second-order valence-electron chi connectivity index (χ2n) is 6.14. The lowest BCUT2D eigenvalue weighted by Gasteiger charge is -2.27. The van der Waals surface area contributed by atoms with Gasteiger partial charge in [-0.2, -0.15) is 0 Å². The lowest BCUT2D eigenvalue weighted by Crippen LogP contribution is -2.48. The number of nitrogens with one attached hydrogen (secondary N) is 1. The van der Waals surface area contributed by atoms with Crippen molar-refractivity contribution < 1.29 is 9.90 Å². The van der Waals surface area contributed by atoms with Crippen molar-refractivity contribution in [2.24, 2.45) is 11.7 Å². The molecule has 0 aromatic heterocycles. The van der Waals surface area contributed by atoms with E-state index < -0.39 is 11.6 Å². The summed E-state index contributed by atoms with van der Waals surface area (Å²) < 4.78 is 0. The fourth-order valence-corrected chi connectivity index (χ4v) is 2.77. The summed E-state index contributed by atoms with van der Waals surface area (Å²) in [5.41, 5.74) is 5.15. The van der Waals surface area contributed by atoms with Gasteiger partial charge < -0.3 is 16.2 Å². The predicted molar refractivity (Wildman–Crippen MR) is 71.0 cm³/mol. The fourth-order valence-electron chi connectivity index (χ4n) is 2.77. The van der Waals surface area contributed by atoms with Crippen molar-refractivity contribution in [3.8, 4) is 0 Å². The SMILES string of the molecule is NC(CC1CC1)C(=O)NCC1(O)CCCCCC1. The Morgan fingerprint density at radius 2 is 1.89 bits per heavy atom. The van der Waals surface area contributed by atoms with Crippen molar-refractivity contribution in [2.45, 2.75) is 69.4 Å². The molecule has 2 rings (SSSR count). The minimum atomic E-state index is -0.703. The van der Waals surface area contributed by atoms with Crippen molar-refractivity contribution >= 4 is 5.91 Å². The molecule has 104 valence electrons. The maximum Gasteiger partial charge on any atom is 0.237 e. The minimum Gasteiger partial charge on any atom is -0.388 e. The maximum atomic E-state index is 11.8. The highest BCUT2D eigenvalue weighted by Gasteiger charge is 2.30. The standard InChI is InChI=1S/C14H26N2O2/c15-12(9-11-5-6-11)13(17)16-10-14(18)7-3-1-2-4-8-14/h11-12,18H,1-10,15H2,(H,16,17). The first kappa shape index (κ1) is 13.8. The van der Waals surface area contributed by atoms with E-state index >= 15 is 0 Å². The van der Waals surface area contributed by atoms with Gasteiger partial charge in [0.1, 0.15) is 0 Å². The summed E-state index contributed by atoms with van der Waals surface area (Å²) >= 11 is 0. The van der Waals surface area contributed by atoms with Crippen LogP contribution in [0.2, 0.25) is 0 Å². The van der Waals surface area contributed by atoms with Gasteiger partial charge in [-0.3, -0.25) is 4.79 Å². The van der Waals surface area contributed by atoms with Crippen LogP contribution in [0.3, 0.4) is 0 Å². The van der Waals surface area contributed by atoms with Crippen LogP contribution in [0.15, 0.2) is 0 Å². The van der Waals surface area contributed by atoms with Crippen LogP contribution in [0.4, 0.5) is 0 Å². The van der Waals surface area contributed by atoms with Gasteiger partial charge >= 0.3 is 0 Å². The second-order valence-corrected chi connectivity index (χ2v) is 6.14. The normalized spacial score (nSPS) is 25.2. The predicted octanol–water partition coefficient (Wildman–Crippen LogP) is 1.32. The Balaban J connectivity index is 1.72. The monoisotopic (exact) mass is 254 g/mol. The van der Waals surface area contributed by atoms with Gasteiger partial charge in [-0.15, -0.1) is 0 Å². The third kappa shape index (κ3) is 4.25. The summed E-state index contributed by atoms with van der Waals surface area (Å²) in [6, 6.07) is -0.396. The summed E-state index contributed by atoms with van der Waals surface area (Å²) in [5, 5.41) is 13.3. The lowest BCUT2D eigenvalue weighted by molar-refractivity contribution is -0.124. The Morgan fingerprint density at radius 3 is 2.44 bits per heavy atom. The molecule has 2 fully saturated rings. The molecule has 0 aromatic carbocycles. The molecule has 18 heavy (non-hydrogen) atoms. The van der Waals surface area contributed by atoms with Crippen molar-refractivity contribution in [1.82, 2.24) is 5.32 Å². The van der Waals surface area contributed by atoms with E-state index in [-0.39, 0.29) is 5.91 Å². The Kier molecular flexibility index (Phi) is 4.62. The first-order chi connectivity index (χ1) is 8.59. The highest BCUT2D eigenvalue weighted by atomic mass is 16.3. The average molecular weight is 254 g/mol. The molecule has 2 saturated carbocycles. The van der Waals surface area contributed by atoms with Crippen LogP contribution in [-0.4, -0.2) is 29.2 Å². The Hall–Kier alpha value is -0.610. The molecule has 1 atom stereocenters. The van der Waals surface area contributed by atoms with Crippen LogP contribution in [-0.2, 0) is 4.79 Å². The lowest BCUT2D eigenvalue weighted by atomic mass is 9.94. The molecule has 1 unspecified atom stereocenters. The van der Waals surface area contributed by atoms with Crippen LogP contribution in [0, 0.1) is 5.92 Å². The topological polar surface area (TPSA) is 75.4 Å². The average Bonchev–Trinajstić information content (AvgIpc) is 3.15. The number of hydrogen-bond acceptors (Lipinski definition) is 3. The molecule has 0 aliphatic heterocycles. The largest absolute Gasteiger partial charge is 0.388 e. The van der Waals surface area contributed by atoms with Crippen molar-refractivity contribution in [3.05, 3.63) is 0 Å². The summed E-state index contributed by atoms with van der Waals surface area (Å²) in [6.07, 6.45) is 9.31. The van der Waals surface area contributed by atoms with E-state index in [0.29, 0.717) is 12.5 Å². The molecule has 1 amide bonds. The number of carbonyl (C=O) groups is 1. The van der Waals surface area contributed by atoms with Gasteiger partial charge in [-0.05, 0) is 25.2 Å². The van der Waals surface area contributed by atoms with Crippen LogP contribution in [0.25, 0.3) is 0 Å². The first-order valence-electron chi connectivity index (χ1n) is 7.35. The van der Waals surface area contributed by atoms with Gasteiger partial charge in [0.15, 0.2) is 0 Å². The number of hydrogen-bond donors (Lipinski definition) is 3. The van der Waals surface area contributed by atoms with Crippen molar-refractivity contribution in [2.75, 3.05) is 6.54 Å². The van der Waals surface area contributed by atoms with Crippen LogP contribution in [0.5, 0.6) is 0 Å². The van der Waals surface area contributed by atoms with Gasteiger partial charge in [-0.1, -0.05) is 38.5 Å². The van der Waals surface area contributed by atoms with E-state index in [0.717, 1.165) is 32.1 Å². The molecule has 0 heterocycles. The molecule has 0 bridgehead atoms. The molecule has 0 spiro atoms. The van der Waals surface area contributed by atoms with Gasteiger partial charge in [0, 0.05) is 6.54 Å². The molecule has 0 aromatic rings. The van der Waals surface area contributed by atoms with Gasteiger partial charge in [0.2, 0.25) is 5.91 Å². The Morgan fingerprint density at radius 1 is 1.28 bits per heavy atom. The summed E-state index contributed by atoms with van der Waals surface area (Å²) in [7, 11) is 0. The second kappa shape index (κ2) is 6.02. The summed E-state index contributed by atoms with van der Waals surface area (Å²) in [6.45, 7) is 0.365. The smallest absolute Gasteiger partial charge is 0.237 e. The molecule has 2 aliphatic rings. The highest BCUT2D eigenvalue weighted by Crippen LogP contribution is 2.33. The van der Waals surface area contributed by atoms with E-state index in [2.05, 4.69) is 5.32 Å².